The molecule has 1 aromatic heterocycles. The molecular formula is C5H10KNO4P+. The van der Waals surface area contributed by atoms with E-state index in [2.05, 4.69) is 4.98 Å². The number of aromatic nitrogens is 1. The fraction of sp³-hybridized carbons (Fsp3) is 0. The van der Waals surface area contributed by atoms with Crippen LogP contribution in [0.5, 0.6) is 0 Å². The predicted molar refractivity (Wildman–Crippen MR) is 41.0 cm³/mol. The molecule has 1 heterocycles. The molecule has 0 aliphatic heterocycles. The SMILES string of the molecule is O.O=[P+](O)O.[H-].[K+].c1ccncc1. The second-order valence-corrected chi connectivity index (χ2v) is 1.78. The fourth-order valence-corrected chi connectivity index (χ4v) is 0.313. The third-order valence-corrected chi connectivity index (χ3v) is 0.566. The summed E-state index contributed by atoms with van der Waals surface area (Å²) >= 11 is 0. The van der Waals surface area contributed by atoms with Gasteiger partial charge in [0.15, 0.2) is 0 Å². The van der Waals surface area contributed by atoms with Gasteiger partial charge in [-0.25, -0.2) is 0 Å². The zero-order valence-corrected chi connectivity index (χ0v) is 10.6. The van der Waals surface area contributed by atoms with Crippen molar-refractivity contribution in [3.8, 4) is 0 Å². The van der Waals surface area contributed by atoms with Crippen molar-refractivity contribution in [2.24, 2.45) is 0 Å². The molecule has 0 radical (unpaired) electrons. The molecule has 0 atom stereocenters. The molecule has 5 nitrogen and oxygen atoms in total. The Labute approximate surface area is 115 Å². The number of rotatable bonds is 0. The molecule has 7 heteroatoms. The molecule has 0 spiro atoms. The van der Waals surface area contributed by atoms with Crippen molar-refractivity contribution < 1.29 is 72.6 Å². The molecule has 0 saturated carbocycles. The van der Waals surface area contributed by atoms with Gasteiger partial charge in [-0.2, -0.15) is 0 Å². The van der Waals surface area contributed by atoms with E-state index in [1.807, 2.05) is 18.2 Å². The van der Waals surface area contributed by atoms with E-state index in [1.54, 1.807) is 12.4 Å². The predicted octanol–water partition coefficient (Wildman–Crippen LogP) is -3.00. The van der Waals surface area contributed by atoms with Gasteiger partial charge in [-0.15, -0.1) is 9.79 Å². The first-order chi connectivity index (χ1) is 4.73. The van der Waals surface area contributed by atoms with Gasteiger partial charge in [-0.3, -0.25) is 4.98 Å². The van der Waals surface area contributed by atoms with E-state index in [1.165, 1.54) is 0 Å². The van der Waals surface area contributed by atoms with E-state index in [9.17, 15) is 0 Å². The summed E-state index contributed by atoms with van der Waals surface area (Å²) in [5.41, 5.74) is 0. The summed E-state index contributed by atoms with van der Waals surface area (Å²) in [6.07, 6.45) is 3.50. The Bertz CT molecular complexity index is 160. The summed E-state index contributed by atoms with van der Waals surface area (Å²) in [6.45, 7) is 0. The van der Waals surface area contributed by atoms with E-state index in [0.29, 0.717) is 0 Å². The summed E-state index contributed by atoms with van der Waals surface area (Å²) in [6, 6.07) is 5.72. The first-order valence-electron chi connectivity index (χ1n) is 2.43. The van der Waals surface area contributed by atoms with Crippen LogP contribution < -0.4 is 51.4 Å². The number of hydrogen-bond acceptors (Lipinski definition) is 2. The summed E-state index contributed by atoms with van der Waals surface area (Å²) in [5.74, 6) is 0. The van der Waals surface area contributed by atoms with Gasteiger partial charge in [0.1, 0.15) is 0 Å². The van der Waals surface area contributed by atoms with E-state index < -0.39 is 8.25 Å². The molecule has 0 aromatic carbocycles. The summed E-state index contributed by atoms with van der Waals surface area (Å²) in [7, 11) is -2.87. The van der Waals surface area contributed by atoms with Crippen molar-refractivity contribution in [1.29, 1.82) is 0 Å². The summed E-state index contributed by atoms with van der Waals surface area (Å²) in [5, 5.41) is 0. The quantitative estimate of drug-likeness (QED) is 0.358. The maximum absolute atomic E-state index is 8.70. The van der Waals surface area contributed by atoms with Gasteiger partial charge < -0.3 is 6.90 Å². The monoisotopic (exact) mass is 218 g/mol. The van der Waals surface area contributed by atoms with Crippen LogP contribution in [0.1, 0.15) is 1.43 Å². The van der Waals surface area contributed by atoms with Crippen molar-refractivity contribution in [2.75, 3.05) is 0 Å². The second-order valence-electron chi connectivity index (χ2n) is 1.28. The van der Waals surface area contributed by atoms with Crippen molar-refractivity contribution in [2.45, 2.75) is 0 Å². The van der Waals surface area contributed by atoms with Crippen LogP contribution in [0, 0.1) is 0 Å². The molecule has 12 heavy (non-hydrogen) atoms. The van der Waals surface area contributed by atoms with Crippen molar-refractivity contribution in [1.82, 2.24) is 4.98 Å². The van der Waals surface area contributed by atoms with Gasteiger partial charge in [0, 0.05) is 17.0 Å². The van der Waals surface area contributed by atoms with E-state index in [4.69, 9.17) is 14.4 Å². The van der Waals surface area contributed by atoms with Gasteiger partial charge in [0.05, 0.1) is 0 Å². The molecule has 0 fully saturated rings. The van der Waals surface area contributed by atoms with Gasteiger partial charge in [-0.05, 0) is 12.1 Å². The van der Waals surface area contributed by atoms with Crippen LogP contribution in [0.25, 0.3) is 0 Å². The number of pyridine rings is 1. The normalized spacial score (nSPS) is 6.17. The maximum Gasteiger partial charge on any atom is 1.00 e. The van der Waals surface area contributed by atoms with Crippen molar-refractivity contribution in [3.63, 3.8) is 0 Å². The van der Waals surface area contributed by atoms with Gasteiger partial charge in [0.25, 0.3) is 0 Å². The van der Waals surface area contributed by atoms with Crippen LogP contribution in [0.4, 0.5) is 0 Å². The Morgan fingerprint density at radius 1 is 1.17 bits per heavy atom. The van der Waals surface area contributed by atoms with Crippen LogP contribution in [0.3, 0.4) is 0 Å². The Morgan fingerprint density at radius 3 is 1.58 bits per heavy atom. The van der Waals surface area contributed by atoms with Gasteiger partial charge >= 0.3 is 59.6 Å². The molecule has 1 rings (SSSR count). The molecule has 0 amide bonds. The average Bonchev–Trinajstić information content (AvgIpc) is 1.90. The topological polar surface area (TPSA) is 102 Å². The summed E-state index contributed by atoms with van der Waals surface area (Å²) < 4.78 is 8.70. The van der Waals surface area contributed by atoms with E-state index >= 15 is 0 Å². The Balaban J connectivity index is -0.0000000536. The number of nitrogens with zero attached hydrogens (tertiary/aromatic N) is 1. The molecule has 0 aliphatic carbocycles. The van der Waals surface area contributed by atoms with Crippen LogP contribution in [0.15, 0.2) is 30.6 Å². The fourth-order valence-electron chi connectivity index (χ4n) is 0.313. The Morgan fingerprint density at radius 2 is 1.50 bits per heavy atom. The third-order valence-electron chi connectivity index (χ3n) is 0.566. The van der Waals surface area contributed by atoms with Crippen molar-refractivity contribution >= 4 is 8.25 Å². The smallest absolute Gasteiger partial charge is 1.00 e. The Kier molecular flexibility index (Phi) is 22.1. The van der Waals surface area contributed by atoms with Crippen LogP contribution in [-0.2, 0) is 4.57 Å². The van der Waals surface area contributed by atoms with Gasteiger partial charge in [-0.1, -0.05) is 6.07 Å². The minimum Gasteiger partial charge on any atom is -1.00 e. The van der Waals surface area contributed by atoms with Crippen LogP contribution in [0.2, 0.25) is 0 Å². The minimum absolute atomic E-state index is 0. The molecule has 4 N–H and O–H groups in total. The molecule has 0 unspecified atom stereocenters. The first-order valence-corrected chi connectivity index (χ1v) is 3.60. The number of hydrogen-bond donors (Lipinski definition) is 2. The zero-order chi connectivity index (χ0) is 7.82. The van der Waals surface area contributed by atoms with Gasteiger partial charge in [0.2, 0.25) is 0 Å². The molecular weight excluding hydrogens is 208 g/mol. The Hall–Kier alpha value is 0.766. The molecule has 1 aromatic rings. The molecule has 64 valence electrons. The standard InChI is InChI=1S/C5H5N.K.HO3P.H2O.H/c1-2-4-6-5-3-1;;1-4(2)3;;/h1-5H;;(H-,1,2,3);1H2;/q;+1;;;-1/p+1. The van der Waals surface area contributed by atoms with Crippen molar-refractivity contribution in [3.05, 3.63) is 30.6 Å². The summed E-state index contributed by atoms with van der Waals surface area (Å²) in [4.78, 5) is 18.0. The molecule has 0 saturated heterocycles. The largest absolute Gasteiger partial charge is 1.00 e. The van der Waals surface area contributed by atoms with E-state index in [0.717, 1.165) is 0 Å². The second kappa shape index (κ2) is 14.3. The molecule has 0 bridgehead atoms. The first kappa shape index (κ1) is 18.5. The third kappa shape index (κ3) is 22.4. The average molecular weight is 218 g/mol. The molecule has 0 aliphatic rings. The zero-order valence-electron chi connectivity index (χ0n) is 7.58. The van der Waals surface area contributed by atoms with E-state index in [-0.39, 0.29) is 58.3 Å². The minimum atomic E-state index is -2.87. The van der Waals surface area contributed by atoms with Crippen LogP contribution in [-0.4, -0.2) is 20.2 Å². The maximum atomic E-state index is 8.70. The van der Waals surface area contributed by atoms with Crippen LogP contribution >= 0.6 is 8.25 Å².